The maximum Gasteiger partial charge on any atom is 0.223 e. The van der Waals surface area contributed by atoms with E-state index in [4.69, 9.17) is 5.73 Å². The number of benzene rings is 1. The fraction of sp³-hybridized carbons (Fsp3) is 0.611. The summed E-state index contributed by atoms with van der Waals surface area (Å²) in [7, 11) is 0. The number of hydrogen-bond donors (Lipinski definition) is 3. The molecule has 0 aromatic heterocycles. The summed E-state index contributed by atoms with van der Waals surface area (Å²) < 4.78 is 13.2. The van der Waals surface area contributed by atoms with Crippen LogP contribution in [0.5, 0.6) is 0 Å². The molecule has 0 radical (unpaired) electrons. The van der Waals surface area contributed by atoms with Crippen LogP contribution in [0.25, 0.3) is 0 Å². The van der Waals surface area contributed by atoms with Crippen molar-refractivity contribution in [3.05, 3.63) is 35.6 Å². The van der Waals surface area contributed by atoms with Crippen LogP contribution in [-0.2, 0) is 4.79 Å². The number of aliphatic hydroxyl groups excluding tert-OH is 1. The molecule has 1 aromatic rings. The summed E-state index contributed by atoms with van der Waals surface area (Å²) in [6.45, 7) is 0.111. The number of amides is 1. The molecule has 0 spiro atoms. The minimum atomic E-state index is -0.889. The predicted molar refractivity (Wildman–Crippen MR) is 85.9 cm³/mol. The highest BCUT2D eigenvalue weighted by Crippen LogP contribution is 2.41. The molecule has 4 N–H and O–H groups in total. The lowest BCUT2D eigenvalue weighted by Crippen LogP contribution is -2.49. The summed E-state index contributed by atoms with van der Waals surface area (Å²) in [5.41, 5.74) is 6.73. The first kappa shape index (κ1) is 16.4. The molecular weight excluding hydrogens is 295 g/mol. The standard InChI is InChI=1S/C18H25FN2O2/c19-15-6-2-3-11(9-15)16(22)10-21-18(23)14-7-12-4-1-5-13(8-14)17(12)20/h2-3,6,9,12-14,16-17,22H,1,4-5,7-8,10,20H2,(H,21,23). The molecule has 2 saturated carbocycles. The highest BCUT2D eigenvalue weighted by Gasteiger charge is 2.40. The molecule has 1 aromatic carbocycles. The minimum Gasteiger partial charge on any atom is -0.387 e. The second kappa shape index (κ2) is 6.97. The molecule has 5 heteroatoms. The van der Waals surface area contributed by atoms with E-state index >= 15 is 0 Å². The molecule has 3 atom stereocenters. The van der Waals surface area contributed by atoms with E-state index in [1.165, 1.54) is 18.6 Å². The first-order valence-corrected chi connectivity index (χ1v) is 8.51. The molecule has 1 amide bonds. The van der Waals surface area contributed by atoms with Gasteiger partial charge in [-0.2, -0.15) is 0 Å². The Morgan fingerprint density at radius 3 is 2.70 bits per heavy atom. The number of rotatable bonds is 4. The molecule has 126 valence electrons. The average molecular weight is 320 g/mol. The monoisotopic (exact) mass is 320 g/mol. The van der Waals surface area contributed by atoms with Crippen LogP contribution in [0.4, 0.5) is 4.39 Å². The van der Waals surface area contributed by atoms with Crippen LogP contribution in [0.1, 0.15) is 43.8 Å². The lowest BCUT2D eigenvalue weighted by molar-refractivity contribution is -0.128. The van der Waals surface area contributed by atoms with Crippen LogP contribution in [0.15, 0.2) is 24.3 Å². The number of fused-ring (bicyclic) bond motifs is 2. The van der Waals surface area contributed by atoms with Crippen LogP contribution < -0.4 is 11.1 Å². The van der Waals surface area contributed by atoms with E-state index in [1.807, 2.05) is 0 Å². The van der Waals surface area contributed by atoms with Gasteiger partial charge in [-0.05, 0) is 55.2 Å². The number of hydrogen-bond acceptors (Lipinski definition) is 3. The fourth-order valence-corrected chi connectivity index (χ4v) is 4.18. The summed E-state index contributed by atoms with van der Waals surface area (Å²) in [6.07, 6.45) is 4.26. The van der Waals surface area contributed by atoms with Gasteiger partial charge in [0.2, 0.25) is 5.91 Å². The molecule has 2 aliphatic carbocycles. The summed E-state index contributed by atoms with van der Waals surface area (Å²) in [5.74, 6) is 0.494. The molecule has 2 fully saturated rings. The normalized spacial score (nSPS) is 31.4. The predicted octanol–water partition coefficient (Wildman–Crippen LogP) is 2.13. The Morgan fingerprint density at radius 1 is 1.35 bits per heavy atom. The topological polar surface area (TPSA) is 75.4 Å². The zero-order valence-electron chi connectivity index (χ0n) is 13.2. The third-order valence-corrected chi connectivity index (χ3v) is 5.49. The Labute approximate surface area is 136 Å². The highest BCUT2D eigenvalue weighted by molar-refractivity contribution is 5.78. The van der Waals surface area contributed by atoms with Crippen molar-refractivity contribution < 1.29 is 14.3 Å². The summed E-state index contributed by atoms with van der Waals surface area (Å²) in [4.78, 5) is 12.4. The van der Waals surface area contributed by atoms with Crippen molar-refractivity contribution in [1.29, 1.82) is 0 Å². The van der Waals surface area contributed by atoms with Crippen molar-refractivity contribution in [2.45, 2.75) is 44.2 Å². The second-order valence-corrected chi connectivity index (χ2v) is 7.01. The third kappa shape index (κ3) is 3.72. The van der Waals surface area contributed by atoms with Crippen molar-refractivity contribution >= 4 is 5.91 Å². The van der Waals surface area contributed by atoms with Gasteiger partial charge in [-0.15, -0.1) is 0 Å². The van der Waals surface area contributed by atoms with Gasteiger partial charge in [0, 0.05) is 18.5 Å². The Balaban J connectivity index is 1.53. The molecule has 23 heavy (non-hydrogen) atoms. The van der Waals surface area contributed by atoms with Crippen LogP contribution >= 0.6 is 0 Å². The quantitative estimate of drug-likeness (QED) is 0.795. The molecule has 2 bridgehead atoms. The van der Waals surface area contributed by atoms with Crippen molar-refractivity contribution in [2.24, 2.45) is 23.5 Å². The zero-order chi connectivity index (χ0) is 16.4. The summed E-state index contributed by atoms with van der Waals surface area (Å²) in [5, 5.41) is 12.9. The summed E-state index contributed by atoms with van der Waals surface area (Å²) >= 11 is 0. The first-order chi connectivity index (χ1) is 11.0. The maximum absolute atomic E-state index is 13.2. The number of nitrogens with two attached hydrogens (primary N) is 1. The molecular formula is C18H25FN2O2. The first-order valence-electron chi connectivity index (χ1n) is 8.51. The molecule has 2 aliphatic rings. The number of halogens is 1. The number of nitrogens with one attached hydrogen (secondary N) is 1. The van der Waals surface area contributed by atoms with Gasteiger partial charge in [-0.25, -0.2) is 4.39 Å². The van der Waals surface area contributed by atoms with E-state index in [0.717, 1.165) is 25.7 Å². The van der Waals surface area contributed by atoms with Crippen LogP contribution in [0.2, 0.25) is 0 Å². The van der Waals surface area contributed by atoms with Crippen molar-refractivity contribution in [1.82, 2.24) is 5.32 Å². The third-order valence-electron chi connectivity index (χ3n) is 5.49. The molecule has 3 rings (SSSR count). The number of aliphatic hydroxyl groups is 1. The van der Waals surface area contributed by atoms with E-state index in [0.29, 0.717) is 17.4 Å². The van der Waals surface area contributed by atoms with Crippen LogP contribution in [-0.4, -0.2) is 23.6 Å². The van der Waals surface area contributed by atoms with E-state index in [1.54, 1.807) is 12.1 Å². The van der Waals surface area contributed by atoms with Crippen LogP contribution in [0.3, 0.4) is 0 Å². The Kier molecular flexibility index (Phi) is 4.97. The number of carbonyl (C=O) groups is 1. The van der Waals surface area contributed by atoms with Gasteiger partial charge < -0.3 is 16.2 Å². The van der Waals surface area contributed by atoms with E-state index < -0.39 is 6.10 Å². The van der Waals surface area contributed by atoms with Gasteiger partial charge in [0.05, 0.1) is 6.10 Å². The fourth-order valence-electron chi connectivity index (χ4n) is 4.18. The molecule has 0 aliphatic heterocycles. The molecule has 4 nitrogen and oxygen atoms in total. The molecule has 0 saturated heterocycles. The SMILES string of the molecule is NC1C2CCCC1CC(C(=O)NCC(O)c1cccc(F)c1)C2. The van der Waals surface area contributed by atoms with Gasteiger partial charge in [0.25, 0.3) is 0 Å². The lowest BCUT2D eigenvalue weighted by Gasteiger charge is -2.43. The van der Waals surface area contributed by atoms with Crippen molar-refractivity contribution in [2.75, 3.05) is 6.54 Å². The Hall–Kier alpha value is -1.46. The average Bonchev–Trinajstić information content (AvgIpc) is 2.52. The largest absolute Gasteiger partial charge is 0.387 e. The van der Waals surface area contributed by atoms with Gasteiger partial charge in [-0.1, -0.05) is 18.6 Å². The van der Waals surface area contributed by atoms with Crippen molar-refractivity contribution in [3.63, 3.8) is 0 Å². The highest BCUT2D eigenvalue weighted by atomic mass is 19.1. The van der Waals surface area contributed by atoms with Gasteiger partial charge >= 0.3 is 0 Å². The minimum absolute atomic E-state index is 0.00944. The smallest absolute Gasteiger partial charge is 0.223 e. The lowest BCUT2D eigenvalue weighted by atomic mass is 9.65. The molecule has 3 unspecified atom stereocenters. The van der Waals surface area contributed by atoms with E-state index in [-0.39, 0.29) is 30.2 Å². The maximum atomic E-state index is 13.2. The van der Waals surface area contributed by atoms with Gasteiger partial charge in [0.1, 0.15) is 5.82 Å². The molecule has 0 heterocycles. The van der Waals surface area contributed by atoms with Gasteiger partial charge in [-0.3, -0.25) is 4.79 Å². The van der Waals surface area contributed by atoms with Gasteiger partial charge in [0.15, 0.2) is 0 Å². The second-order valence-electron chi connectivity index (χ2n) is 7.01. The van der Waals surface area contributed by atoms with Crippen molar-refractivity contribution in [3.8, 4) is 0 Å². The Bertz CT molecular complexity index is 552. The van der Waals surface area contributed by atoms with E-state index in [9.17, 15) is 14.3 Å². The Morgan fingerprint density at radius 2 is 2.04 bits per heavy atom. The number of carbonyl (C=O) groups excluding carboxylic acids is 1. The van der Waals surface area contributed by atoms with E-state index in [2.05, 4.69) is 5.32 Å². The van der Waals surface area contributed by atoms with Crippen LogP contribution in [0, 0.1) is 23.6 Å². The zero-order valence-corrected chi connectivity index (χ0v) is 13.2. The summed E-state index contributed by atoms with van der Waals surface area (Å²) in [6, 6.07) is 6.08.